The Morgan fingerprint density at radius 3 is 2.33 bits per heavy atom. The molecule has 1 heterocycles. The van der Waals surface area contributed by atoms with Gasteiger partial charge in [0.1, 0.15) is 5.69 Å². The van der Waals surface area contributed by atoms with E-state index in [1.54, 1.807) is 18.2 Å². The van der Waals surface area contributed by atoms with E-state index in [2.05, 4.69) is 10.3 Å². The van der Waals surface area contributed by atoms with Gasteiger partial charge in [-0.1, -0.05) is 18.2 Å². The molecule has 3 rings (SSSR count). The van der Waals surface area contributed by atoms with Crippen LogP contribution >= 0.6 is 0 Å². The zero-order valence-electron chi connectivity index (χ0n) is 13.3. The molecule has 7 heteroatoms. The zero-order valence-corrected chi connectivity index (χ0v) is 14.1. The van der Waals surface area contributed by atoms with E-state index in [9.17, 15) is 13.2 Å². The fraction of sp³-hybridized carbons (Fsp3) is 0.118. The van der Waals surface area contributed by atoms with Gasteiger partial charge in [-0.15, -0.1) is 0 Å². The van der Waals surface area contributed by atoms with Crippen LogP contribution in [0.1, 0.15) is 10.5 Å². The molecule has 0 aliphatic heterocycles. The maximum absolute atomic E-state index is 12.3. The number of para-hydroxylation sites is 1. The van der Waals surface area contributed by atoms with Gasteiger partial charge in [0.25, 0.3) is 5.91 Å². The molecule has 3 aromatic rings. The van der Waals surface area contributed by atoms with Gasteiger partial charge in [0.15, 0.2) is 0 Å². The summed E-state index contributed by atoms with van der Waals surface area (Å²) in [6.07, 6.45) is 0. The Morgan fingerprint density at radius 2 is 1.71 bits per heavy atom. The highest BCUT2D eigenvalue weighted by Gasteiger charge is 2.17. The molecule has 1 aromatic heterocycles. The number of carbonyl (C=O) groups is 1. The molecule has 0 aliphatic carbocycles. The molecule has 0 radical (unpaired) electrons. The van der Waals surface area contributed by atoms with E-state index in [4.69, 9.17) is 0 Å². The fourth-order valence-electron chi connectivity index (χ4n) is 2.32. The molecule has 0 saturated heterocycles. The van der Waals surface area contributed by atoms with Crippen molar-refractivity contribution in [3.8, 4) is 0 Å². The first-order chi connectivity index (χ1) is 11.4. The molecule has 124 valence electrons. The van der Waals surface area contributed by atoms with Crippen LogP contribution in [-0.2, 0) is 10.0 Å². The maximum Gasteiger partial charge on any atom is 0.272 e. The van der Waals surface area contributed by atoms with Crippen LogP contribution in [0.2, 0.25) is 0 Å². The lowest BCUT2D eigenvalue weighted by Crippen LogP contribution is -2.22. The number of amides is 1. The van der Waals surface area contributed by atoms with Crippen molar-refractivity contribution >= 4 is 32.5 Å². The molecule has 6 nitrogen and oxygen atoms in total. The Bertz CT molecular complexity index is 956. The van der Waals surface area contributed by atoms with E-state index in [0.717, 1.165) is 15.2 Å². The Hall–Kier alpha value is -2.64. The number of carbonyl (C=O) groups excluding carboxylic acids is 1. The second kappa shape index (κ2) is 6.10. The molecule has 0 atom stereocenters. The lowest BCUT2D eigenvalue weighted by molar-refractivity contribution is 0.102. The van der Waals surface area contributed by atoms with Crippen LogP contribution in [0.4, 0.5) is 5.69 Å². The molecular weight excluding hydrogens is 326 g/mol. The first-order valence-corrected chi connectivity index (χ1v) is 8.73. The van der Waals surface area contributed by atoms with Gasteiger partial charge in [0.05, 0.1) is 4.90 Å². The smallest absolute Gasteiger partial charge is 0.272 e. The third-order valence-electron chi connectivity index (χ3n) is 3.67. The first-order valence-electron chi connectivity index (χ1n) is 7.29. The third kappa shape index (κ3) is 3.04. The summed E-state index contributed by atoms with van der Waals surface area (Å²) in [5, 5.41) is 3.70. The number of hydrogen-bond donors (Lipinski definition) is 2. The zero-order chi connectivity index (χ0) is 17.3. The van der Waals surface area contributed by atoms with Gasteiger partial charge in [-0.3, -0.25) is 4.79 Å². The second-order valence-corrected chi connectivity index (χ2v) is 7.69. The number of fused-ring (bicyclic) bond motifs is 1. The van der Waals surface area contributed by atoms with Crippen LogP contribution in [0.25, 0.3) is 10.9 Å². The Labute approximate surface area is 140 Å². The Morgan fingerprint density at radius 1 is 1.04 bits per heavy atom. The molecule has 2 aromatic carbocycles. The Kier molecular flexibility index (Phi) is 4.13. The highest BCUT2D eigenvalue weighted by atomic mass is 32.2. The number of hydrogen-bond acceptors (Lipinski definition) is 3. The third-order valence-corrected chi connectivity index (χ3v) is 5.49. The number of H-pyrrole nitrogens is 1. The predicted molar refractivity (Wildman–Crippen MR) is 93.6 cm³/mol. The molecule has 2 N–H and O–H groups in total. The predicted octanol–water partition coefficient (Wildman–Crippen LogP) is 2.67. The van der Waals surface area contributed by atoms with Gasteiger partial charge in [-0.2, -0.15) is 0 Å². The van der Waals surface area contributed by atoms with E-state index in [1.165, 1.54) is 26.2 Å². The second-order valence-electron chi connectivity index (χ2n) is 5.54. The number of anilines is 1. The summed E-state index contributed by atoms with van der Waals surface area (Å²) in [4.78, 5) is 15.5. The van der Waals surface area contributed by atoms with E-state index >= 15 is 0 Å². The SMILES string of the molecule is CN(C)S(=O)(=O)c1ccc(NC(=O)c2cc3ccccc3[nH]2)cc1. The summed E-state index contributed by atoms with van der Waals surface area (Å²) in [5.74, 6) is -0.283. The quantitative estimate of drug-likeness (QED) is 0.764. The van der Waals surface area contributed by atoms with Gasteiger partial charge in [-0.05, 0) is 36.4 Å². The average Bonchev–Trinajstić information content (AvgIpc) is 2.99. The van der Waals surface area contributed by atoms with Gasteiger partial charge in [-0.25, -0.2) is 12.7 Å². The summed E-state index contributed by atoms with van der Waals surface area (Å²) in [7, 11) is -0.531. The number of aromatic nitrogens is 1. The minimum absolute atomic E-state index is 0.177. The minimum Gasteiger partial charge on any atom is -0.351 e. The van der Waals surface area contributed by atoms with Crippen molar-refractivity contribution in [2.24, 2.45) is 0 Å². The summed E-state index contributed by atoms with van der Waals surface area (Å²) in [6, 6.07) is 15.5. The summed E-state index contributed by atoms with van der Waals surface area (Å²) >= 11 is 0. The summed E-state index contributed by atoms with van der Waals surface area (Å²) in [6.45, 7) is 0. The number of benzene rings is 2. The number of nitrogens with one attached hydrogen (secondary N) is 2. The molecule has 0 unspecified atom stereocenters. The van der Waals surface area contributed by atoms with Crippen LogP contribution in [0, 0.1) is 0 Å². The number of nitrogens with zero attached hydrogens (tertiary/aromatic N) is 1. The molecule has 0 aliphatic rings. The van der Waals surface area contributed by atoms with E-state index in [1.807, 2.05) is 24.3 Å². The lowest BCUT2D eigenvalue weighted by atomic mass is 10.2. The van der Waals surface area contributed by atoms with Crippen molar-refractivity contribution in [1.82, 2.24) is 9.29 Å². The van der Waals surface area contributed by atoms with Crippen LogP contribution in [0.15, 0.2) is 59.5 Å². The molecular formula is C17H17N3O3S. The Balaban J connectivity index is 1.79. The van der Waals surface area contributed by atoms with Gasteiger partial charge < -0.3 is 10.3 Å². The van der Waals surface area contributed by atoms with Crippen molar-refractivity contribution in [3.63, 3.8) is 0 Å². The summed E-state index contributed by atoms with van der Waals surface area (Å²) < 4.78 is 25.2. The van der Waals surface area contributed by atoms with Crippen molar-refractivity contribution in [2.75, 3.05) is 19.4 Å². The van der Waals surface area contributed by atoms with Crippen LogP contribution in [0.3, 0.4) is 0 Å². The monoisotopic (exact) mass is 343 g/mol. The van der Waals surface area contributed by atoms with Crippen molar-refractivity contribution in [3.05, 3.63) is 60.3 Å². The molecule has 0 fully saturated rings. The molecule has 0 spiro atoms. The minimum atomic E-state index is -3.48. The first kappa shape index (κ1) is 16.2. The normalized spacial score (nSPS) is 11.8. The van der Waals surface area contributed by atoms with Gasteiger partial charge in [0.2, 0.25) is 10.0 Å². The van der Waals surface area contributed by atoms with E-state index in [-0.39, 0.29) is 10.8 Å². The fourth-order valence-corrected chi connectivity index (χ4v) is 3.22. The standard InChI is InChI=1S/C17H17N3O3S/c1-20(2)24(22,23)14-9-7-13(8-10-14)18-17(21)16-11-12-5-3-4-6-15(12)19-16/h3-11,19H,1-2H3,(H,18,21). The van der Waals surface area contributed by atoms with Crippen LogP contribution < -0.4 is 5.32 Å². The topological polar surface area (TPSA) is 82.3 Å². The summed E-state index contributed by atoms with van der Waals surface area (Å²) in [5.41, 5.74) is 1.85. The number of sulfonamides is 1. The van der Waals surface area contributed by atoms with E-state index in [0.29, 0.717) is 11.4 Å². The number of aromatic amines is 1. The highest BCUT2D eigenvalue weighted by Crippen LogP contribution is 2.19. The van der Waals surface area contributed by atoms with Crippen LogP contribution in [0.5, 0.6) is 0 Å². The van der Waals surface area contributed by atoms with E-state index < -0.39 is 10.0 Å². The highest BCUT2D eigenvalue weighted by molar-refractivity contribution is 7.89. The average molecular weight is 343 g/mol. The number of rotatable bonds is 4. The maximum atomic E-state index is 12.3. The molecule has 1 amide bonds. The van der Waals surface area contributed by atoms with Gasteiger partial charge >= 0.3 is 0 Å². The molecule has 24 heavy (non-hydrogen) atoms. The van der Waals surface area contributed by atoms with Gasteiger partial charge in [0, 0.05) is 30.7 Å². The lowest BCUT2D eigenvalue weighted by Gasteiger charge is -2.11. The van der Waals surface area contributed by atoms with Crippen molar-refractivity contribution < 1.29 is 13.2 Å². The van der Waals surface area contributed by atoms with Crippen molar-refractivity contribution in [2.45, 2.75) is 4.90 Å². The van der Waals surface area contributed by atoms with Crippen LogP contribution in [-0.4, -0.2) is 37.7 Å². The molecule has 0 saturated carbocycles. The largest absolute Gasteiger partial charge is 0.351 e. The van der Waals surface area contributed by atoms with Crippen molar-refractivity contribution in [1.29, 1.82) is 0 Å². The molecule has 0 bridgehead atoms.